The number of ether oxygens (including phenoxy) is 2. The molecule has 1 aromatic carbocycles. The number of carbonyl (C=O) groups excluding carboxylic acids is 1. The summed E-state index contributed by atoms with van der Waals surface area (Å²) in [6.45, 7) is 5.86. The lowest BCUT2D eigenvalue weighted by Crippen LogP contribution is -2.34. The van der Waals surface area contributed by atoms with Gasteiger partial charge in [0.2, 0.25) is 0 Å². The van der Waals surface area contributed by atoms with Crippen molar-refractivity contribution in [3.05, 3.63) is 29.8 Å². The van der Waals surface area contributed by atoms with Crippen LogP contribution >= 0.6 is 0 Å². The fraction of sp³-hybridized carbons (Fsp3) is 0.588. The number of nitrogens with one attached hydrogen (secondary N) is 2. The summed E-state index contributed by atoms with van der Waals surface area (Å²) in [6, 6.07) is 7.63. The van der Waals surface area contributed by atoms with Crippen LogP contribution in [0.1, 0.15) is 38.7 Å². The molecular weight excluding hydrogens is 280 g/mol. The van der Waals surface area contributed by atoms with Gasteiger partial charge in [-0.3, -0.25) is 0 Å². The molecule has 0 saturated carbocycles. The lowest BCUT2D eigenvalue weighted by atomic mass is 10.1. The summed E-state index contributed by atoms with van der Waals surface area (Å²) >= 11 is 0. The lowest BCUT2D eigenvalue weighted by molar-refractivity contribution is -0.0447. The summed E-state index contributed by atoms with van der Waals surface area (Å²) in [6.07, 6.45) is 3.68. The van der Waals surface area contributed by atoms with Crippen molar-refractivity contribution >= 4 is 11.7 Å². The Bertz CT molecular complexity index is 471. The van der Waals surface area contributed by atoms with Crippen molar-refractivity contribution in [3.8, 4) is 0 Å². The third-order valence-electron chi connectivity index (χ3n) is 3.45. The molecule has 1 aromatic rings. The van der Waals surface area contributed by atoms with Crippen LogP contribution < -0.4 is 10.6 Å². The first-order chi connectivity index (χ1) is 10.6. The molecule has 2 N–H and O–H groups in total. The van der Waals surface area contributed by atoms with Gasteiger partial charge in [-0.2, -0.15) is 0 Å². The molecule has 0 radical (unpaired) electrons. The highest BCUT2D eigenvalue weighted by atomic mass is 16.5. The summed E-state index contributed by atoms with van der Waals surface area (Å²) in [4.78, 5) is 11.7. The van der Waals surface area contributed by atoms with Crippen LogP contribution in [0.4, 0.5) is 10.5 Å². The zero-order chi connectivity index (χ0) is 15.8. The van der Waals surface area contributed by atoms with E-state index in [4.69, 9.17) is 9.47 Å². The second-order valence-corrected chi connectivity index (χ2v) is 5.96. The van der Waals surface area contributed by atoms with Crippen molar-refractivity contribution < 1.29 is 14.3 Å². The standard InChI is InChI=1S/C17H26N2O3/c1-13(2)18-17(20)19-15-7-5-6-14(10-15)11-21-12-16-8-3-4-9-22-16/h5-7,10,13,16H,3-4,8-9,11-12H2,1-2H3,(H2,18,19,20). The molecule has 0 bridgehead atoms. The van der Waals surface area contributed by atoms with Crippen LogP contribution in [0.2, 0.25) is 0 Å². The van der Waals surface area contributed by atoms with Crippen molar-refractivity contribution in [2.45, 2.75) is 51.9 Å². The van der Waals surface area contributed by atoms with Gasteiger partial charge in [0, 0.05) is 18.3 Å². The maximum atomic E-state index is 11.7. The van der Waals surface area contributed by atoms with Crippen LogP contribution in [0.15, 0.2) is 24.3 Å². The minimum Gasteiger partial charge on any atom is -0.376 e. The quantitative estimate of drug-likeness (QED) is 0.847. The fourth-order valence-corrected chi connectivity index (χ4v) is 2.42. The highest BCUT2D eigenvalue weighted by molar-refractivity contribution is 5.89. The molecule has 1 unspecified atom stereocenters. The molecule has 22 heavy (non-hydrogen) atoms. The molecule has 0 spiro atoms. The van der Waals surface area contributed by atoms with Crippen molar-refractivity contribution in [1.29, 1.82) is 0 Å². The van der Waals surface area contributed by atoms with E-state index in [1.54, 1.807) is 0 Å². The molecule has 1 saturated heterocycles. The monoisotopic (exact) mass is 306 g/mol. The van der Waals surface area contributed by atoms with Crippen LogP contribution in [-0.4, -0.2) is 31.4 Å². The van der Waals surface area contributed by atoms with Crippen molar-refractivity contribution in [2.75, 3.05) is 18.5 Å². The molecule has 2 rings (SSSR count). The SMILES string of the molecule is CC(C)NC(=O)Nc1cccc(COCC2CCCCO2)c1. The normalized spacial score (nSPS) is 18.2. The molecule has 1 aliphatic rings. The summed E-state index contributed by atoms with van der Waals surface area (Å²) in [5.41, 5.74) is 1.81. The maximum absolute atomic E-state index is 11.7. The Morgan fingerprint density at radius 1 is 1.41 bits per heavy atom. The first-order valence-corrected chi connectivity index (χ1v) is 7.99. The van der Waals surface area contributed by atoms with Gasteiger partial charge in [-0.25, -0.2) is 4.79 Å². The van der Waals surface area contributed by atoms with E-state index in [0.717, 1.165) is 30.7 Å². The molecule has 1 aliphatic heterocycles. The Morgan fingerprint density at radius 2 is 2.27 bits per heavy atom. The molecule has 1 atom stereocenters. The van der Waals surface area contributed by atoms with Gasteiger partial charge in [-0.15, -0.1) is 0 Å². The van der Waals surface area contributed by atoms with Gasteiger partial charge >= 0.3 is 6.03 Å². The van der Waals surface area contributed by atoms with Gasteiger partial charge in [-0.05, 0) is 50.8 Å². The number of benzene rings is 1. The van der Waals surface area contributed by atoms with E-state index in [1.165, 1.54) is 6.42 Å². The predicted molar refractivity (Wildman–Crippen MR) is 87.0 cm³/mol. The maximum Gasteiger partial charge on any atom is 0.319 e. The van der Waals surface area contributed by atoms with Crippen molar-refractivity contribution in [2.24, 2.45) is 0 Å². The van der Waals surface area contributed by atoms with Crippen molar-refractivity contribution in [3.63, 3.8) is 0 Å². The largest absolute Gasteiger partial charge is 0.376 e. The fourth-order valence-electron chi connectivity index (χ4n) is 2.42. The second kappa shape index (κ2) is 8.76. The number of carbonyl (C=O) groups is 1. The number of hydrogen-bond donors (Lipinski definition) is 2. The van der Waals surface area contributed by atoms with E-state index in [1.807, 2.05) is 38.1 Å². The number of urea groups is 1. The summed E-state index contributed by atoms with van der Waals surface area (Å²) in [7, 11) is 0. The molecule has 0 aromatic heterocycles. The van der Waals surface area contributed by atoms with Gasteiger partial charge in [0.25, 0.3) is 0 Å². The van der Waals surface area contributed by atoms with Gasteiger partial charge in [0.15, 0.2) is 0 Å². The molecule has 5 nitrogen and oxygen atoms in total. The van der Waals surface area contributed by atoms with E-state index < -0.39 is 0 Å². The van der Waals surface area contributed by atoms with Gasteiger partial charge in [-0.1, -0.05) is 12.1 Å². The first kappa shape index (κ1) is 16.8. The van der Waals surface area contributed by atoms with E-state index in [2.05, 4.69) is 10.6 Å². The molecule has 0 aliphatic carbocycles. The van der Waals surface area contributed by atoms with Crippen LogP contribution in [0, 0.1) is 0 Å². The Hall–Kier alpha value is -1.59. The molecule has 1 heterocycles. The molecular formula is C17H26N2O3. The Balaban J connectivity index is 1.76. The minimum absolute atomic E-state index is 0.113. The number of hydrogen-bond acceptors (Lipinski definition) is 3. The summed E-state index contributed by atoms with van der Waals surface area (Å²) < 4.78 is 11.4. The van der Waals surface area contributed by atoms with E-state index >= 15 is 0 Å². The summed E-state index contributed by atoms with van der Waals surface area (Å²) in [5.74, 6) is 0. The van der Waals surface area contributed by atoms with Gasteiger partial charge in [0.1, 0.15) is 0 Å². The first-order valence-electron chi connectivity index (χ1n) is 7.99. The third kappa shape index (κ3) is 6.03. The number of amides is 2. The van der Waals surface area contributed by atoms with E-state index in [-0.39, 0.29) is 18.2 Å². The smallest absolute Gasteiger partial charge is 0.319 e. The average molecular weight is 306 g/mol. The Morgan fingerprint density at radius 3 is 3.00 bits per heavy atom. The molecule has 2 amide bonds. The minimum atomic E-state index is -0.191. The molecule has 1 fully saturated rings. The predicted octanol–water partition coefficient (Wildman–Crippen LogP) is 3.30. The van der Waals surface area contributed by atoms with Crippen LogP contribution in [0.5, 0.6) is 0 Å². The van der Waals surface area contributed by atoms with Crippen LogP contribution in [0.25, 0.3) is 0 Å². The molecule has 5 heteroatoms. The number of rotatable bonds is 6. The molecule has 122 valence electrons. The Labute approximate surface area is 132 Å². The lowest BCUT2D eigenvalue weighted by Gasteiger charge is -2.22. The average Bonchev–Trinajstić information content (AvgIpc) is 2.48. The van der Waals surface area contributed by atoms with E-state index in [9.17, 15) is 4.79 Å². The highest BCUT2D eigenvalue weighted by Crippen LogP contribution is 2.15. The summed E-state index contributed by atoms with van der Waals surface area (Å²) in [5, 5.41) is 5.62. The van der Waals surface area contributed by atoms with Crippen molar-refractivity contribution in [1.82, 2.24) is 5.32 Å². The van der Waals surface area contributed by atoms with Crippen LogP contribution in [0.3, 0.4) is 0 Å². The van der Waals surface area contributed by atoms with Crippen LogP contribution in [-0.2, 0) is 16.1 Å². The van der Waals surface area contributed by atoms with E-state index in [0.29, 0.717) is 13.2 Å². The third-order valence-corrected chi connectivity index (χ3v) is 3.45. The van der Waals surface area contributed by atoms with Gasteiger partial charge in [0.05, 0.1) is 19.3 Å². The zero-order valence-electron chi connectivity index (χ0n) is 13.4. The zero-order valence-corrected chi connectivity index (χ0v) is 13.4. The Kier molecular flexibility index (Phi) is 6.68. The second-order valence-electron chi connectivity index (χ2n) is 5.96. The van der Waals surface area contributed by atoms with Gasteiger partial charge < -0.3 is 20.1 Å². The number of anilines is 1. The highest BCUT2D eigenvalue weighted by Gasteiger charge is 2.13. The topological polar surface area (TPSA) is 59.6 Å².